The van der Waals surface area contributed by atoms with Crippen LogP contribution in [-0.4, -0.2) is 39.8 Å². The van der Waals surface area contributed by atoms with Crippen LogP contribution in [0.15, 0.2) is 54.1 Å². The van der Waals surface area contributed by atoms with Gasteiger partial charge in [0, 0.05) is 19.8 Å². The zero-order valence-electron chi connectivity index (χ0n) is 17.0. The molecule has 1 heterocycles. The van der Waals surface area contributed by atoms with E-state index >= 15 is 0 Å². The summed E-state index contributed by atoms with van der Waals surface area (Å²) in [5.41, 5.74) is 3.29. The minimum atomic E-state index is -0.629. The van der Waals surface area contributed by atoms with Gasteiger partial charge in [0.1, 0.15) is 5.75 Å². The first-order valence-electron chi connectivity index (χ1n) is 9.35. The van der Waals surface area contributed by atoms with Crippen LogP contribution in [0.3, 0.4) is 0 Å². The van der Waals surface area contributed by atoms with Gasteiger partial charge in [0.2, 0.25) is 0 Å². The molecule has 0 aromatic heterocycles. The molecule has 152 valence electrons. The summed E-state index contributed by atoms with van der Waals surface area (Å²) >= 11 is 0. The molecule has 0 bridgehead atoms. The molecule has 29 heavy (non-hydrogen) atoms. The fourth-order valence-electron chi connectivity index (χ4n) is 3.19. The van der Waals surface area contributed by atoms with Crippen LogP contribution in [0.2, 0.25) is 0 Å². The Kier molecular flexibility index (Phi) is 6.07. The molecule has 2 N–H and O–H groups in total. The molecule has 2 amide bonds. The van der Waals surface area contributed by atoms with Crippen LogP contribution in [0.25, 0.3) is 5.70 Å². The smallest absolute Gasteiger partial charge is 0.338 e. The van der Waals surface area contributed by atoms with Gasteiger partial charge in [-0.3, -0.25) is 0 Å². The van der Waals surface area contributed by atoms with Gasteiger partial charge in [0.25, 0.3) is 0 Å². The fraction of sp³-hybridized carbons (Fsp3) is 0.273. The third kappa shape index (κ3) is 4.34. The number of nitrogens with one attached hydrogen (secondary N) is 2. The predicted molar refractivity (Wildman–Crippen MR) is 112 cm³/mol. The van der Waals surface area contributed by atoms with Gasteiger partial charge >= 0.3 is 12.0 Å². The average Bonchev–Trinajstić information content (AvgIpc) is 2.73. The van der Waals surface area contributed by atoms with E-state index in [1.54, 1.807) is 38.3 Å². The van der Waals surface area contributed by atoms with Gasteiger partial charge in [-0.2, -0.15) is 0 Å². The minimum Gasteiger partial charge on any atom is -0.497 e. The fourth-order valence-corrected chi connectivity index (χ4v) is 3.19. The first-order chi connectivity index (χ1) is 13.9. The third-order valence-electron chi connectivity index (χ3n) is 4.69. The quantitative estimate of drug-likeness (QED) is 0.735. The maximum atomic E-state index is 12.9. The summed E-state index contributed by atoms with van der Waals surface area (Å²) in [6.45, 7) is 1.99. The Morgan fingerprint density at radius 2 is 1.72 bits per heavy atom. The monoisotopic (exact) mass is 395 g/mol. The number of methoxy groups -OCH3 is 1. The Balaban J connectivity index is 2.11. The molecule has 1 aliphatic heterocycles. The molecule has 7 heteroatoms. The highest BCUT2D eigenvalue weighted by molar-refractivity contribution is 6.04. The number of urea groups is 1. The van der Waals surface area contributed by atoms with E-state index in [1.807, 2.05) is 43.3 Å². The van der Waals surface area contributed by atoms with Crippen LogP contribution in [0.4, 0.5) is 10.5 Å². The Hall–Kier alpha value is -3.48. The third-order valence-corrected chi connectivity index (χ3v) is 4.69. The number of esters is 1. The zero-order chi connectivity index (χ0) is 21.0. The summed E-state index contributed by atoms with van der Waals surface area (Å²) in [5, 5.41) is 5.61. The molecule has 1 aliphatic rings. The Labute approximate surface area is 170 Å². The van der Waals surface area contributed by atoms with E-state index in [1.165, 1.54) is 0 Å². The molecule has 0 aliphatic carbocycles. The minimum absolute atomic E-state index is 0.235. The second-order valence-electron chi connectivity index (χ2n) is 6.76. The topological polar surface area (TPSA) is 79.9 Å². The standard InChI is InChI=1S/C22H25N3O4/c1-5-29-21(26)18-19(14-6-10-16(11-7-14)25(2)3)23-22(27)24-20(18)15-8-12-17(28-4)13-9-15/h6-13,19H,5H2,1-4H3,(H2,23,24,27). The molecule has 2 aromatic carbocycles. The SMILES string of the molecule is CCOC(=O)C1=C(c2ccc(OC)cc2)NC(=O)NC1c1ccc(N(C)C)cc1. The number of anilines is 1. The van der Waals surface area contributed by atoms with E-state index in [4.69, 9.17) is 9.47 Å². The van der Waals surface area contributed by atoms with Crippen molar-refractivity contribution in [2.75, 3.05) is 32.7 Å². The Bertz CT molecular complexity index is 918. The molecular formula is C22H25N3O4. The van der Waals surface area contributed by atoms with Crippen molar-refractivity contribution in [3.05, 3.63) is 65.2 Å². The van der Waals surface area contributed by atoms with Gasteiger partial charge in [-0.1, -0.05) is 12.1 Å². The van der Waals surface area contributed by atoms with E-state index in [-0.39, 0.29) is 12.6 Å². The van der Waals surface area contributed by atoms with E-state index in [9.17, 15) is 9.59 Å². The highest BCUT2D eigenvalue weighted by Gasteiger charge is 2.34. The normalized spacial score (nSPS) is 16.0. The lowest BCUT2D eigenvalue weighted by Gasteiger charge is -2.30. The van der Waals surface area contributed by atoms with Crippen molar-refractivity contribution in [3.63, 3.8) is 0 Å². The molecular weight excluding hydrogens is 370 g/mol. The average molecular weight is 395 g/mol. The number of amides is 2. The van der Waals surface area contributed by atoms with Crippen molar-refractivity contribution < 1.29 is 19.1 Å². The number of carbonyl (C=O) groups is 2. The molecule has 2 aromatic rings. The lowest BCUT2D eigenvalue weighted by atomic mass is 9.92. The van der Waals surface area contributed by atoms with Crippen molar-refractivity contribution in [2.24, 2.45) is 0 Å². The van der Waals surface area contributed by atoms with Crippen LogP contribution in [0, 0.1) is 0 Å². The molecule has 1 unspecified atom stereocenters. The number of hydrogen-bond donors (Lipinski definition) is 2. The lowest BCUT2D eigenvalue weighted by molar-refractivity contribution is -0.138. The molecule has 3 rings (SSSR count). The number of carbonyl (C=O) groups excluding carboxylic acids is 2. The van der Waals surface area contributed by atoms with Crippen molar-refractivity contribution in [1.29, 1.82) is 0 Å². The highest BCUT2D eigenvalue weighted by atomic mass is 16.5. The summed E-state index contributed by atoms with van der Waals surface area (Å²) in [7, 11) is 5.48. The summed E-state index contributed by atoms with van der Waals surface area (Å²) in [5.74, 6) is 0.204. The van der Waals surface area contributed by atoms with Crippen LogP contribution in [-0.2, 0) is 9.53 Å². The van der Waals surface area contributed by atoms with Crippen molar-refractivity contribution >= 4 is 23.4 Å². The molecule has 0 radical (unpaired) electrons. The molecule has 0 saturated carbocycles. The molecule has 0 fully saturated rings. The van der Waals surface area contributed by atoms with Gasteiger partial charge in [-0.15, -0.1) is 0 Å². The largest absolute Gasteiger partial charge is 0.497 e. The van der Waals surface area contributed by atoms with Crippen LogP contribution in [0.5, 0.6) is 5.75 Å². The van der Waals surface area contributed by atoms with Crippen LogP contribution < -0.4 is 20.3 Å². The zero-order valence-corrected chi connectivity index (χ0v) is 17.0. The van der Waals surface area contributed by atoms with Crippen LogP contribution in [0.1, 0.15) is 24.1 Å². The maximum Gasteiger partial charge on any atom is 0.338 e. The molecule has 1 atom stereocenters. The van der Waals surface area contributed by atoms with Crippen LogP contribution >= 0.6 is 0 Å². The Morgan fingerprint density at radius 3 is 2.28 bits per heavy atom. The maximum absolute atomic E-state index is 12.9. The predicted octanol–water partition coefficient (Wildman–Crippen LogP) is 3.09. The molecule has 0 saturated heterocycles. The van der Waals surface area contributed by atoms with Gasteiger partial charge < -0.3 is 25.0 Å². The molecule has 0 spiro atoms. The number of hydrogen-bond acceptors (Lipinski definition) is 5. The molecule has 7 nitrogen and oxygen atoms in total. The van der Waals surface area contributed by atoms with E-state index in [2.05, 4.69) is 10.6 Å². The summed E-state index contributed by atoms with van der Waals surface area (Å²) in [6.07, 6.45) is 0. The van der Waals surface area contributed by atoms with E-state index < -0.39 is 12.0 Å². The highest BCUT2D eigenvalue weighted by Crippen LogP contribution is 2.33. The first-order valence-corrected chi connectivity index (χ1v) is 9.35. The van der Waals surface area contributed by atoms with Crippen molar-refractivity contribution in [1.82, 2.24) is 10.6 Å². The van der Waals surface area contributed by atoms with Crippen molar-refractivity contribution in [3.8, 4) is 5.75 Å². The number of nitrogens with zero attached hydrogens (tertiary/aromatic N) is 1. The number of ether oxygens (including phenoxy) is 2. The van der Waals surface area contributed by atoms with Gasteiger partial charge in [0.15, 0.2) is 0 Å². The summed E-state index contributed by atoms with van der Waals surface area (Å²) < 4.78 is 10.5. The summed E-state index contributed by atoms with van der Waals surface area (Å²) in [6, 6.07) is 13.8. The second-order valence-corrected chi connectivity index (χ2v) is 6.76. The lowest BCUT2D eigenvalue weighted by Crippen LogP contribution is -2.45. The summed E-state index contributed by atoms with van der Waals surface area (Å²) in [4.78, 5) is 27.3. The van der Waals surface area contributed by atoms with E-state index in [0.29, 0.717) is 22.6 Å². The number of benzene rings is 2. The van der Waals surface area contributed by atoms with Gasteiger partial charge in [-0.05, 0) is 54.4 Å². The second kappa shape index (κ2) is 8.68. The van der Waals surface area contributed by atoms with E-state index in [0.717, 1.165) is 11.3 Å². The number of rotatable bonds is 6. The first kappa shape index (κ1) is 20.3. The Morgan fingerprint density at radius 1 is 1.07 bits per heavy atom. The van der Waals surface area contributed by atoms with Crippen molar-refractivity contribution in [2.45, 2.75) is 13.0 Å². The van der Waals surface area contributed by atoms with Gasteiger partial charge in [-0.25, -0.2) is 9.59 Å². The van der Waals surface area contributed by atoms with Gasteiger partial charge in [0.05, 0.1) is 31.0 Å².